The zero-order chi connectivity index (χ0) is 18.4. The van der Waals surface area contributed by atoms with Gasteiger partial charge in [0.25, 0.3) is 5.91 Å². The van der Waals surface area contributed by atoms with Crippen molar-refractivity contribution >= 4 is 11.8 Å². The second kappa shape index (κ2) is 8.51. The van der Waals surface area contributed by atoms with E-state index in [0.29, 0.717) is 30.8 Å². The molecule has 7 heteroatoms. The van der Waals surface area contributed by atoms with Crippen LogP contribution in [-0.4, -0.2) is 53.4 Å². The van der Waals surface area contributed by atoms with Crippen LogP contribution in [0.3, 0.4) is 0 Å². The standard InChI is InChI=1S/C19H24N4O3/c1-26-16-6-2-4-14(12-16)19(25)22-8-7-17(24)23-11-3-5-15(13-23)18-20-9-10-21-18/h2,4,6,9-10,12,15H,3,5,7-8,11,13H2,1H3,(H,20,21)(H,22,25)/t15-/m1/s1. The van der Waals surface area contributed by atoms with E-state index >= 15 is 0 Å². The van der Waals surface area contributed by atoms with Gasteiger partial charge in [-0.15, -0.1) is 0 Å². The number of nitrogens with one attached hydrogen (secondary N) is 2. The molecule has 3 rings (SSSR count). The first-order chi connectivity index (χ1) is 12.7. The molecule has 0 bridgehead atoms. The Morgan fingerprint density at radius 3 is 3.08 bits per heavy atom. The van der Waals surface area contributed by atoms with Gasteiger partial charge in [0.05, 0.1) is 7.11 Å². The van der Waals surface area contributed by atoms with Gasteiger partial charge in [-0.2, -0.15) is 0 Å². The van der Waals surface area contributed by atoms with Crippen molar-refractivity contribution in [3.8, 4) is 5.75 Å². The molecule has 2 amide bonds. The number of methoxy groups -OCH3 is 1. The largest absolute Gasteiger partial charge is 0.497 e. The van der Waals surface area contributed by atoms with Crippen LogP contribution in [0.2, 0.25) is 0 Å². The summed E-state index contributed by atoms with van der Waals surface area (Å²) >= 11 is 0. The number of aromatic nitrogens is 2. The maximum Gasteiger partial charge on any atom is 0.251 e. The lowest BCUT2D eigenvalue weighted by atomic mass is 9.97. The van der Waals surface area contributed by atoms with Crippen molar-refractivity contribution in [2.24, 2.45) is 0 Å². The topological polar surface area (TPSA) is 87.3 Å². The number of aromatic amines is 1. The number of carbonyl (C=O) groups is 2. The Morgan fingerprint density at radius 1 is 1.42 bits per heavy atom. The van der Waals surface area contributed by atoms with Crippen LogP contribution in [0.25, 0.3) is 0 Å². The van der Waals surface area contributed by atoms with Crippen molar-refractivity contribution in [1.29, 1.82) is 0 Å². The molecule has 0 saturated carbocycles. The molecule has 26 heavy (non-hydrogen) atoms. The molecule has 1 atom stereocenters. The summed E-state index contributed by atoms with van der Waals surface area (Å²) in [6, 6.07) is 6.95. The van der Waals surface area contributed by atoms with Crippen molar-refractivity contribution in [3.05, 3.63) is 48.0 Å². The van der Waals surface area contributed by atoms with Crippen LogP contribution >= 0.6 is 0 Å². The number of carbonyl (C=O) groups excluding carboxylic acids is 2. The maximum absolute atomic E-state index is 12.5. The second-order valence-corrected chi connectivity index (χ2v) is 6.39. The summed E-state index contributed by atoms with van der Waals surface area (Å²) in [7, 11) is 1.56. The molecular weight excluding hydrogens is 332 g/mol. The molecular formula is C19H24N4O3. The predicted molar refractivity (Wildman–Crippen MR) is 97.1 cm³/mol. The summed E-state index contributed by atoms with van der Waals surface area (Å²) in [5.41, 5.74) is 0.521. The average molecular weight is 356 g/mol. The SMILES string of the molecule is COc1cccc(C(=O)NCCC(=O)N2CCC[C@@H](c3ncc[nH]3)C2)c1. The fraction of sp³-hybridized carbons (Fsp3) is 0.421. The summed E-state index contributed by atoms with van der Waals surface area (Å²) in [4.78, 5) is 33.9. The van der Waals surface area contributed by atoms with E-state index in [-0.39, 0.29) is 17.7 Å². The molecule has 1 fully saturated rings. The molecule has 0 unspecified atom stereocenters. The minimum absolute atomic E-state index is 0.0622. The Labute approximate surface area is 152 Å². The van der Waals surface area contributed by atoms with Gasteiger partial charge in [0, 0.05) is 49.9 Å². The molecule has 2 heterocycles. The van der Waals surface area contributed by atoms with Gasteiger partial charge >= 0.3 is 0 Å². The zero-order valence-electron chi connectivity index (χ0n) is 14.9. The minimum Gasteiger partial charge on any atom is -0.497 e. The van der Waals surface area contributed by atoms with Gasteiger partial charge in [-0.25, -0.2) is 4.98 Å². The fourth-order valence-electron chi connectivity index (χ4n) is 3.24. The first kappa shape index (κ1) is 18.0. The normalized spacial score (nSPS) is 17.0. The Morgan fingerprint density at radius 2 is 2.31 bits per heavy atom. The Kier molecular flexibility index (Phi) is 5.88. The van der Waals surface area contributed by atoms with Gasteiger partial charge in [0.15, 0.2) is 0 Å². The number of H-pyrrole nitrogens is 1. The van der Waals surface area contributed by atoms with E-state index in [1.54, 1.807) is 37.6 Å². The average Bonchev–Trinajstić information content (AvgIpc) is 3.23. The van der Waals surface area contributed by atoms with Crippen LogP contribution in [0.5, 0.6) is 5.75 Å². The van der Waals surface area contributed by atoms with E-state index in [1.807, 2.05) is 11.1 Å². The van der Waals surface area contributed by atoms with E-state index in [2.05, 4.69) is 15.3 Å². The highest BCUT2D eigenvalue weighted by Crippen LogP contribution is 2.24. The van der Waals surface area contributed by atoms with Crippen molar-refractivity contribution in [2.45, 2.75) is 25.2 Å². The third-order valence-corrected chi connectivity index (χ3v) is 4.64. The van der Waals surface area contributed by atoms with Gasteiger partial charge < -0.3 is 19.9 Å². The Balaban J connectivity index is 1.47. The first-order valence-corrected chi connectivity index (χ1v) is 8.86. The lowest BCUT2D eigenvalue weighted by molar-refractivity contribution is -0.132. The highest BCUT2D eigenvalue weighted by molar-refractivity contribution is 5.94. The quantitative estimate of drug-likeness (QED) is 0.828. The maximum atomic E-state index is 12.5. The van der Waals surface area contributed by atoms with Crippen LogP contribution in [0.4, 0.5) is 0 Å². The van der Waals surface area contributed by atoms with E-state index in [1.165, 1.54) is 0 Å². The molecule has 1 aromatic carbocycles. The summed E-state index contributed by atoms with van der Waals surface area (Å²) in [6.45, 7) is 1.76. The number of ether oxygens (including phenoxy) is 1. The number of likely N-dealkylation sites (tertiary alicyclic amines) is 1. The minimum atomic E-state index is -0.205. The predicted octanol–water partition coefficient (Wildman–Crippen LogP) is 1.94. The molecule has 7 nitrogen and oxygen atoms in total. The molecule has 1 aliphatic heterocycles. The third kappa shape index (κ3) is 4.41. The monoisotopic (exact) mass is 356 g/mol. The molecule has 1 saturated heterocycles. The summed E-state index contributed by atoms with van der Waals surface area (Å²) in [5, 5.41) is 2.80. The number of nitrogens with zero attached hydrogens (tertiary/aromatic N) is 2. The van der Waals surface area contributed by atoms with E-state index in [0.717, 1.165) is 25.2 Å². The summed E-state index contributed by atoms with van der Waals surface area (Å²) in [5.74, 6) is 1.69. The fourth-order valence-corrected chi connectivity index (χ4v) is 3.24. The molecule has 138 valence electrons. The molecule has 0 radical (unpaired) electrons. The highest BCUT2D eigenvalue weighted by Gasteiger charge is 2.25. The Hall–Kier alpha value is -2.83. The van der Waals surface area contributed by atoms with E-state index in [9.17, 15) is 9.59 Å². The van der Waals surface area contributed by atoms with Crippen LogP contribution in [0.1, 0.15) is 41.4 Å². The van der Waals surface area contributed by atoms with Crippen LogP contribution in [-0.2, 0) is 4.79 Å². The highest BCUT2D eigenvalue weighted by atomic mass is 16.5. The van der Waals surface area contributed by atoms with Crippen LogP contribution < -0.4 is 10.1 Å². The number of amides is 2. The Bertz CT molecular complexity index is 745. The van der Waals surface area contributed by atoms with Crippen LogP contribution in [0.15, 0.2) is 36.7 Å². The van der Waals surface area contributed by atoms with Crippen molar-refractivity contribution < 1.29 is 14.3 Å². The number of imidazole rings is 1. The van der Waals surface area contributed by atoms with E-state index < -0.39 is 0 Å². The lowest BCUT2D eigenvalue weighted by Gasteiger charge is -2.32. The zero-order valence-corrected chi connectivity index (χ0v) is 14.9. The summed E-state index contributed by atoms with van der Waals surface area (Å²) in [6.07, 6.45) is 5.84. The molecule has 1 aromatic heterocycles. The first-order valence-electron chi connectivity index (χ1n) is 8.86. The molecule has 0 spiro atoms. The van der Waals surface area contributed by atoms with Gasteiger partial charge in [0.2, 0.25) is 5.91 Å². The van der Waals surface area contributed by atoms with Crippen molar-refractivity contribution in [1.82, 2.24) is 20.2 Å². The second-order valence-electron chi connectivity index (χ2n) is 6.39. The number of hydrogen-bond donors (Lipinski definition) is 2. The number of benzene rings is 1. The number of rotatable bonds is 6. The third-order valence-electron chi connectivity index (χ3n) is 4.64. The van der Waals surface area contributed by atoms with Crippen molar-refractivity contribution in [3.63, 3.8) is 0 Å². The van der Waals surface area contributed by atoms with Gasteiger partial charge in [-0.3, -0.25) is 9.59 Å². The van der Waals surface area contributed by atoms with Crippen LogP contribution in [0, 0.1) is 0 Å². The summed E-state index contributed by atoms with van der Waals surface area (Å²) < 4.78 is 5.12. The number of piperidine rings is 1. The molecule has 0 aliphatic carbocycles. The van der Waals surface area contributed by atoms with Gasteiger partial charge in [0.1, 0.15) is 11.6 Å². The molecule has 1 aliphatic rings. The molecule has 2 N–H and O–H groups in total. The lowest BCUT2D eigenvalue weighted by Crippen LogP contribution is -2.40. The number of hydrogen-bond acceptors (Lipinski definition) is 4. The smallest absolute Gasteiger partial charge is 0.251 e. The van der Waals surface area contributed by atoms with Gasteiger partial charge in [-0.05, 0) is 31.0 Å². The van der Waals surface area contributed by atoms with Gasteiger partial charge in [-0.1, -0.05) is 6.07 Å². The molecule has 2 aromatic rings. The van der Waals surface area contributed by atoms with E-state index in [4.69, 9.17) is 4.74 Å². The van der Waals surface area contributed by atoms with Crippen molar-refractivity contribution in [2.75, 3.05) is 26.7 Å².